The van der Waals surface area contributed by atoms with Crippen LogP contribution < -0.4 is 4.80 Å². The molecule has 2 aromatic carbocycles. The van der Waals surface area contributed by atoms with E-state index in [-0.39, 0.29) is 21.6 Å². The highest BCUT2D eigenvalue weighted by Gasteiger charge is 2.16. The topological polar surface area (TPSA) is 60.7 Å². The number of methoxy groups -OCH3 is 1. The van der Waals surface area contributed by atoms with E-state index in [2.05, 4.69) is 9.73 Å². The minimum Gasteiger partial charge on any atom is -0.468 e. The van der Waals surface area contributed by atoms with Crippen molar-refractivity contribution in [2.24, 2.45) is 4.99 Å². The van der Waals surface area contributed by atoms with Crippen molar-refractivity contribution in [1.29, 1.82) is 0 Å². The monoisotopic (exact) mass is 362 g/mol. The Labute approximate surface area is 144 Å². The van der Waals surface area contributed by atoms with Gasteiger partial charge < -0.3 is 9.30 Å². The molecule has 0 saturated heterocycles. The summed E-state index contributed by atoms with van der Waals surface area (Å²) in [5.74, 6) is -2.79. The van der Waals surface area contributed by atoms with Crippen molar-refractivity contribution in [2.45, 2.75) is 6.54 Å². The first kappa shape index (κ1) is 17.0. The highest BCUT2D eigenvalue weighted by molar-refractivity contribution is 7.16. The van der Waals surface area contributed by atoms with Gasteiger partial charge >= 0.3 is 5.97 Å². The lowest BCUT2D eigenvalue weighted by atomic mass is 10.2. The molecule has 0 unspecified atom stereocenters. The van der Waals surface area contributed by atoms with E-state index in [4.69, 9.17) is 0 Å². The fraction of sp³-hybridized carbons (Fsp3) is 0.118. The normalized spacial score (nSPS) is 11.7. The number of carbonyl (C=O) groups is 2. The van der Waals surface area contributed by atoms with Gasteiger partial charge in [-0.3, -0.25) is 9.59 Å². The van der Waals surface area contributed by atoms with Crippen LogP contribution in [0.4, 0.5) is 8.78 Å². The van der Waals surface area contributed by atoms with Crippen LogP contribution >= 0.6 is 11.3 Å². The van der Waals surface area contributed by atoms with Crippen molar-refractivity contribution >= 4 is 33.4 Å². The molecule has 0 spiro atoms. The lowest BCUT2D eigenvalue weighted by Crippen LogP contribution is -2.22. The molecule has 0 N–H and O–H groups in total. The van der Waals surface area contributed by atoms with E-state index >= 15 is 0 Å². The third-order valence-corrected chi connectivity index (χ3v) is 4.45. The summed E-state index contributed by atoms with van der Waals surface area (Å²) in [4.78, 5) is 28.0. The Bertz CT molecular complexity index is 1030. The Morgan fingerprint density at radius 1 is 1.20 bits per heavy atom. The Morgan fingerprint density at radius 3 is 2.60 bits per heavy atom. The van der Waals surface area contributed by atoms with Gasteiger partial charge in [0.05, 0.1) is 17.3 Å². The van der Waals surface area contributed by atoms with Crippen LogP contribution in [0, 0.1) is 11.6 Å². The number of hydrogen-bond donors (Lipinski definition) is 0. The summed E-state index contributed by atoms with van der Waals surface area (Å²) >= 11 is 0.915. The van der Waals surface area contributed by atoms with E-state index in [1.807, 2.05) is 0 Å². The Hall–Kier alpha value is -2.87. The molecule has 0 aliphatic rings. The lowest BCUT2D eigenvalue weighted by molar-refractivity contribution is -0.141. The van der Waals surface area contributed by atoms with E-state index in [0.717, 1.165) is 17.4 Å². The zero-order valence-electron chi connectivity index (χ0n) is 13.0. The molecule has 25 heavy (non-hydrogen) atoms. The summed E-state index contributed by atoms with van der Waals surface area (Å²) in [6, 6.07) is 10.1. The molecule has 0 aliphatic heterocycles. The largest absolute Gasteiger partial charge is 0.468 e. The molecule has 0 fully saturated rings. The maximum atomic E-state index is 14.2. The summed E-state index contributed by atoms with van der Waals surface area (Å²) in [7, 11) is 1.19. The van der Waals surface area contributed by atoms with Crippen LogP contribution in [0.15, 0.2) is 47.5 Å². The third-order valence-electron chi connectivity index (χ3n) is 3.43. The number of thiazole rings is 1. The van der Waals surface area contributed by atoms with Gasteiger partial charge in [-0.25, -0.2) is 8.78 Å². The first-order chi connectivity index (χ1) is 12.0. The zero-order valence-corrected chi connectivity index (χ0v) is 13.8. The number of carbonyl (C=O) groups excluding carboxylic acids is 2. The van der Waals surface area contributed by atoms with Gasteiger partial charge in [-0.2, -0.15) is 4.99 Å². The third kappa shape index (κ3) is 3.48. The van der Waals surface area contributed by atoms with E-state index in [9.17, 15) is 18.4 Å². The number of hydrogen-bond acceptors (Lipinski definition) is 4. The number of rotatable bonds is 3. The van der Waals surface area contributed by atoms with E-state index in [0.29, 0.717) is 11.6 Å². The highest BCUT2D eigenvalue weighted by Crippen LogP contribution is 2.22. The highest BCUT2D eigenvalue weighted by atomic mass is 32.1. The van der Waals surface area contributed by atoms with Gasteiger partial charge in [0.1, 0.15) is 12.4 Å². The second kappa shape index (κ2) is 6.94. The van der Waals surface area contributed by atoms with E-state index in [1.165, 1.54) is 11.7 Å². The Kier molecular flexibility index (Phi) is 4.71. The molecule has 1 aromatic heterocycles. The second-order valence-corrected chi connectivity index (χ2v) is 6.07. The number of ether oxygens (including phenoxy) is 1. The molecular weight excluding hydrogens is 350 g/mol. The smallest absolute Gasteiger partial charge is 0.325 e. The van der Waals surface area contributed by atoms with Crippen molar-refractivity contribution in [3.63, 3.8) is 0 Å². The number of halogens is 2. The van der Waals surface area contributed by atoms with Gasteiger partial charge in [-0.15, -0.1) is 0 Å². The molecule has 0 aliphatic carbocycles. The van der Waals surface area contributed by atoms with Crippen molar-refractivity contribution in [3.8, 4) is 0 Å². The number of fused-ring (bicyclic) bond motifs is 1. The molecule has 0 saturated carbocycles. The van der Waals surface area contributed by atoms with Gasteiger partial charge in [-0.1, -0.05) is 29.5 Å². The van der Waals surface area contributed by atoms with Crippen LogP contribution in [-0.2, 0) is 16.1 Å². The number of nitrogens with zero attached hydrogens (tertiary/aromatic N) is 2. The molecule has 3 aromatic rings. The van der Waals surface area contributed by atoms with Crippen LogP contribution in [-0.4, -0.2) is 23.6 Å². The number of benzene rings is 2. The summed E-state index contributed by atoms with van der Waals surface area (Å²) in [6.07, 6.45) is 0. The second-order valence-electron chi connectivity index (χ2n) is 5.06. The summed E-state index contributed by atoms with van der Waals surface area (Å²) in [5.41, 5.74) is 0.340. The summed E-state index contributed by atoms with van der Waals surface area (Å²) < 4.78 is 33.7. The van der Waals surface area contributed by atoms with Crippen LogP contribution in [0.5, 0.6) is 0 Å². The fourth-order valence-corrected chi connectivity index (χ4v) is 3.35. The number of esters is 1. The van der Waals surface area contributed by atoms with Crippen molar-refractivity contribution in [3.05, 3.63) is 64.5 Å². The maximum absolute atomic E-state index is 14.2. The van der Waals surface area contributed by atoms with Crippen LogP contribution in [0.1, 0.15) is 10.4 Å². The van der Waals surface area contributed by atoms with Crippen molar-refractivity contribution in [1.82, 2.24) is 4.57 Å². The molecule has 0 bridgehead atoms. The molecule has 0 radical (unpaired) electrons. The number of amides is 1. The quantitative estimate of drug-likeness (QED) is 0.673. The summed E-state index contributed by atoms with van der Waals surface area (Å²) in [6.45, 7) is -0.347. The fourth-order valence-electron chi connectivity index (χ4n) is 2.29. The molecule has 8 heteroatoms. The number of aromatic nitrogens is 1. The molecule has 1 amide bonds. The van der Waals surface area contributed by atoms with Gasteiger partial charge in [0, 0.05) is 11.6 Å². The predicted molar refractivity (Wildman–Crippen MR) is 88.1 cm³/mol. The van der Waals surface area contributed by atoms with Gasteiger partial charge in [0.2, 0.25) is 0 Å². The molecule has 1 heterocycles. The maximum Gasteiger partial charge on any atom is 0.325 e. The zero-order chi connectivity index (χ0) is 18.0. The lowest BCUT2D eigenvalue weighted by Gasteiger charge is -2.04. The average molecular weight is 362 g/mol. The first-order valence-electron chi connectivity index (χ1n) is 7.19. The van der Waals surface area contributed by atoms with Crippen molar-refractivity contribution in [2.75, 3.05) is 7.11 Å². The summed E-state index contributed by atoms with van der Waals surface area (Å²) in [5, 5.41) is 0. The van der Waals surface area contributed by atoms with Gasteiger partial charge in [0.15, 0.2) is 10.6 Å². The minimum absolute atomic E-state index is 0.00332. The van der Waals surface area contributed by atoms with E-state index in [1.54, 1.807) is 30.3 Å². The molecule has 128 valence electrons. The molecular formula is C17H12F2N2O3S. The first-order valence-corrected chi connectivity index (χ1v) is 8.00. The van der Waals surface area contributed by atoms with Gasteiger partial charge in [-0.05, 0) is 18.2 Å². The predicted octanol–water partition coefficient (Wildman–Crippen LogP) is 2.90. The molecule has 3 rings (SSSR count). The molecule has 0 atom stereocenters. The Balaban J connectivity index is 2.21. The van der Waals surface area contributed by atoms with E-state index < -0.39 is 23.5 Å². The van der Waals surface area contributed by atoms with Crippen LogP contribution in [0.3, 0.4) is 0 Å². The van der Waals surface area contributed by atoms with Gasteiger partial charge in [0.25, 0.3) is 5.91 Å². The van der Waals surface area contributed by atoms with Crippen LogP contribution in [0.2, 0.25) is 0 Å². The average Bonchev–Trinajstić information content (AvgIpc) is 2.92. The molecule has 5 nitrogen and oxygen atoms in total. The van der Waals surface area contributed by atoms with Crippen molar-refractivity contribution < 1.29 is 23.1 Å². The van der Waals surface area contributed by atoms with Crippen LogP contribution in [0.25, 0.3) is 10.2 Å². The SMILES string of the molecule is COC(=O)Cn1c(=NC(=O)c2ccccc2)sc2cc(F)cc(F)c21. The Morgan fingerprint density at radius 2 is 1.92 bits per heavy atom. The standard InChI is InChI=1S/C17H12F2N2O3S/c1-24-14(22)9-21-15-12(19)7-11(18)8-13(15)25-17(21)20-16(23)10-5-3-2-4-6-10/h2-8H,9H2,1H3. The minimum atomic E-state index is -0.844.